The lowest BCUT2D eigenvalue weighted by Crippen LogP contribution is -2.05. The molecule has 6 heteroatoms. The molecule has 0 radical (unpaired) electrons. The van der Waals surface area contributed by atoms with Crippen molar-refractivity contribution in [2.75, 3.05) is 0 Å². The van der Waals surface area contributed by atoms with Crippen LogP contribution in [0.4, 0.5) is 8.78 Å². The van der Waals surface area contributed by atoms with Crippen LogP contribution in [0.5, 0.6) is 0 Å². The van der Waals surface area contributed by atoms with Crippen molar-refractivity contribution in [3.63, 3.8) is 0 Å². The topological polar surface area (TPSA) is 30.7 Å². The molecule has 0 aliphatic heterocycles. The molecular weight excluding hydrogens is 232 g/mol. The van der Waals surface area contributed by atoms with E-state index in [1.54, 1.807) is 23.2 Å². The Hall–Kier alpha value is -1.30. The van der Waals surface area contributed by atoms with Gasteiger partial charge in [0.15, 0.2) is 0 Å². The van der Waals surface area contributed by atoms with Crippen LogP contribution in [-0.2, 0) is 6.54 Å². The van der Waals surface area contributed by atoms with Crippen LogP contribution in [0, 0.1) is 5.92 Å². The van der Waals surface area contributed by atoms with Gasteiger partial charge in [-0.3, -0.25) is 0 Å². The first-order valence-electron chi connectivity index (χ1n) is 4.95. The van der Waals surface area contributed by atoms with Crippen LogP contribution < -0.4 is 0 Å². The standard InChI is InChI=1S/C10H9F2N3S/c11-10(12)3-8(10)5-15-2-1-13-9(15)7-4-14-16-6-7/h1-2,4,6,8H,3,5H2. The lowest BCUT2D eigenvalue weighted by Gasteiger charge is -2.05. The first-order chi connectivity index (χ1) is 7.67. The second-order valence-electron chi connectivity index (χ2n) is 3.98. The van der Waals surface area contributed by atoms with Gasteiger partial charge < -0.3 is 4.57 Å². The first kappa shape index (κ1) is 9.89. The Balaban J connectivity index is 1.84. The molecule has 3 nitrogen and oxygen atoms in total. The molecule has 1 fully saturated rings. The van der Waals surface area contributed by atoms with E-state index >= 15 is 0 Å². The van der Waals surface area contributed by atoms with Gasteiger partial charge in [0.05, 0.1) is 6.20 Å². The van der Waals surface area contributed by atoms with Gasteiger partial charge in [0.25, 0.3) is 5.92 Å². The highest BCUT2D eigenvalue weighted by Gasteiger charge is 2.56. The fourth-order valence-corrected chi connectivity index (χ4v) is 2.25. The van der Waals surface area contributed by atoms with E-state index in [2.05, 4.69) is 9.36 Å². The van der Waals surface area contributed by atoms with Gasteiger partial charge in [0.1, 0.15) is 5.82 Å². The molecule has 1 unspecified atom stereocenters. The van der Waals surface area contributed by atoms with E-state index in [1.165, 1.54) is 11.5 Å². The molecule has 0 aromatic carbocycles. The maximum absolute atomic E-state index is 12.8. The van der Waals surface area contributed by atoms with Gasteiger partial charge in [-0.2, -0.15) is 0 Å². The number of hydrogen-bond donors (Lipinski definition) is 0. The van der Waals surface area contributed by atoms with Crippen molar-refractivity contribution in [3.8, 4) is 11.4 Å². The van der Waals surface area contributed by atoms with Crippen molar-refractivity contribution in [1.82, 2.24) is 13.9 Å². The predicted octanol–water partition coefficient (Wildman–Crippen LogP) is 2.66. The van der Waals surface area contributed by atoms with E-state index in [9.17, 15) is 8.78 Å². The number of halogens is 2. The fraction of sp³-hybridized carbons (Fsp3) is 0.400. The zero-order chi connectivity index (χ0) is 11.2. The summed E-state index contributed by atoms with van der Waals surface area (Å²) in [7, 11) is 0. The van der Waals surface area contributed by atoms with Crippen molar-refractivity contribution in [3.05, 3.63) is 24.0 Å². The van der Waals surface area contributed by atoms with Crippen molar-refractivity contribution in [1.29, 1.82) is 0 Å². The summed E-state index contributed by atoms with van der Waals surface area (Å²) >= 11 is 1.33. The summed E-state index contributed by atoms with van der Waals surface area (Å²) < 4.78 is 31.4. The third-order valence-electron chi connectivity index (χ3n) is 2.78. The van der Waals surface area contributed by atoms with Gasteiger partial charge in [-0.05, 0) is 11.5 Å². The molecule has 1 saturated carbocycles. The highest BCUT2D eigenvalue weighted by molar-refractivity contribution is 7.03. The zero-order valence-corrected chi connectivity index (χ0v) is 9.12. The van der Waals surface area contributed by atoms with Crippen molar-refractivity contribution < 1.29 is 8.78 Å². The van der Waals surface area contributed by atoms with Gasteiger partial charge in [-0.15, -0.1) is 0 Å². The third kappa shape index (κ3) is 1.63. The van der Waals surface area contributed by atoms with Crippen LogP contribution in [0.2, 0.25) is 0 Å². The lowest BCUT2D eigenvalue weighted by molar-refractivity contribution is 0.0952. The van der Waals surface area contributed by atoms with E-state index in [0.29, 0.717) is 6.54 Å². The highest BCUT2D eigenvalue weighted by Crippen LogP contribution is 2.49. The van der Waals surface area contributed by atoms with Gasteiger partial charge in [0.2, 0.25) is 0 Å². The monoisotopic (exact) mass is 241 g/mol. The average Bonchev–Trinajstić information content (AvgIpc) is 2.66. The van der Waals surface area contributed by atoms with E-state index in [1.807, 2.05) is 5.38 Å². The minimum absolute atomic E-state index is 0.00743. The van der Waals surface area contributed by atoms with Gasteiger partial charge in [-0.1, -0.05) is 0 Å². The summed E-state index contributed by atoms with van der Waals surface area (Å²) in [6, 6.07) is 0. The normalized spacial score (nSPS) is 22.2. The summed E-state index contributed by atoms with van der Waals surface area (Å²) in [5.41, 5.74) is 0.888. The zero-order valence-electron chi connectivity index (χ0n) is 8.31. The lowest BCUT2D eigenvalue weighted by atomic mass is 10.3. The number of aromatic nitrogens is 3. The molecule has 2 aromatic heterocycles. The SMILES string of the molecule is FC1(F)CC1Cn1ccnc1-c1cnsc1. The maximum Gasteiger partial charge on any atom is 0.253 e. The van der Waals surface area contributed by atoms with Crippen molar-refractivity contribution in [2.24, 2.45) is 5.92 Å². The molecule has 0 bridgehead atoms. The molecule has 1 atom stereocenters. The summed E-state index contributed by atoms with van der Waals surface area (Å²) in [6.45, 7) is 0.332. The fourth-order valence-electron chi connectivity index (χ4n) is 1.74. The van der Waals surface area contributed by atoms with Crippen LogP contribution in [0.3, 0.4) is 0 Å². The largest absolute Gasteiger partial charge is 0.330 e. The van der Waals surface area contributed by atoms with Crippen LogP contribution in [0.25, 0.3) is 11.4 Å². The van der Waals surface area contributed by atoms with Crippen LogP contribution in [0.1, 0.15) is 6.42 Å². The number of nitrogens with zero attached hydrogens (tertiary/aromatic N) is 3. The van der Waals surface area contributed by atoms with Crippen LogP contribution in [-0.4, -0.2) is 19.8 Å². The molecule has 1 aliphatic carbocycles. The molecular formula is C10H9F2N3S. The van der Waals surface area contributed by atoms with Crippen molar-refractivity contribution >= 4 is 11.5 Å². The highest BCUT2D eigenvalue weighted by atomic mass is 32.1. The molecule has 0 amide bonds. The first-order valence-corrected chi connectivity index (χ1v) is 5.79. The van der Waals surface area contributed by atoms with E-state index < -0.39 is 11.8 Å². The molecule has 2 aromatic rings. The van der Waals surface area contributed by atoms with E-state index in [0.717, 1.165) is 11.4 Å². The second-order valence-corrected chi connectivity index (χ2v) is 4.64. The second kappa shape index (κ2) is 3.35. The quantitative estimate of drug-likeness (QED) is 0.827. The Morgan fingerprint density at radius 3 is 3.00 bits per heavy atom. The average molecular weight is 241 g/mol. The minimum Gasteiger partial charge on any atom is -0.330 e. The Morgan fingerprint density at radius 1 is 1.56 bits per heavy atom. The third-order valence-corrected chi connectivity index (χ3v) is 3.37. The summed E-state index contributed by atoms with van der Waals surface area (Å²) in [4.78, 5) is 4.17. The molecule has 16 heavy (non-hydrogen) atoms. The Bertz CT molecular complexity index is 492. The Kier molecular flexibility index (Phi) is 2.07. The summed E-state index contributed by atoms with van der Waals surface area (Å²) in [6.07, 6.45) is 5.07. The van der Waals surface area contributed by atoms with Crippen LogP contribution >= 0.6 is 11.5 Å². The van der Waals surface area contributed by atoms with E-state index in [-0.39, 0.29) is 6.42 Å². The van der Waals surface area contributed by atoms with Crippen molar-refractivity contribution in [2.45, 2.75) is 18.9 Å². The molecule has 84 valence electrons. The molecule has 0 spiro atoms. The Morgan fingerprint density at radius 2 is 2.38 bits per heavy atom. The molecule has 2 heterocycles. The summed E-state index contributed by atoms with van der Waals surface area (Å²) in [5, 5.41) is 1.86. The number of rotatable bonds is 3. The Labute approximate surface area is 94.9 Å². The van der Waals surface area contributed by atoms with Gasteiger partial charge in [0, 0.05) is 42.2 Å². The van der Waals surface area contributed by atoms with Gasteiger partial charge in [-0.25, -0.2) is 18.1 Å². The van der Waals surface area contributed by atoms with E-state index in [4.69, 9.17) is 0 Å². The minimum atomic E-state index is -2.48. The van der Waals surface area contributed by atoms with Crippen LogP contribution in [0.15, 0.2) is 24.0 Å². The molecule has 0 N–H and O–H groups in total. The molecule has 3 rings (SSSR count). The summed E-state index contributed by atoms with van der Waals surface area (Å²) in [5.74, 6) is -2.29. The molecule has 1 aliphatic rings. The smallest absolute Gasteiger partial charge is 0.253 e. The molecule has 0 saturated heterocycles. The van der Waals surface area contributed by atoms with Gasteiger partial charge >= 0.3 is 0 Å². The predicted molar refractivity (Wildman–Crippen MR) is 56.4 cm³/mol. The number of imidazole rings is 1. The number of alkyl halides is 2. The maximum atomic E-state index is 12.8. The number of hydrogen-bond acceptors (Lipinski definition) is 3.